The van der Waals surface area contributed by atoms with E-state index < -0.39 is 5.82 Å². The lowest BCUT2D eigenvalue weighted by Crippen LogP contribution is -2.23. The Kier molecular flexibility index (Phi) is 5.86. The van der Waals surface area contributed by atoms with Gasteiger partial charge in [-0.3, -0.25) is 9.69 Å². The van der Waals surface area contributed by atoms with E-state index in [4.69, 9.17) is 16.3 Å². The molecule has 2 N–H and O–H groups in total. The molecule has 9 heteroatoms. The molecule has 7 nitrogen and oxygen atoms in total. The van der Waals surface area contributed by atoms with Gasteiger partial charge in [-0.2, -0.15) is 0 Å². The van der Waals surface area contributed by atoms with Crippen LogP contribution in [0.5, 0.6) is 5.75 Å². The minimum Gasteiger partial charge on any atom is -0.494 e. The van der Waals surface area contributed by atoms with Gasteiger partial charge in [0.2, 0.25) is 5.91 Å². The number of anilines is 3. The first-order valence-corrected chi connectivity index (χ1v) is 11.1. The molecule has 1 aliphatic heterocycles. The van der Waals surface area contributed by atoms with Gasteiger partial charge in [0, 0.05) is 42.9 Å². The summed E-state index contributed by atoms with van der Waals surface area (Å²) >= 11 is 5.89. The summed E-state index contributed by atoms with van der Waals surface area (Å²) in [6.07, 6.45) is 6.21. The van der Waals surface area contributed by atoms with Crippen molar-refractivity contribution in [3.8, 4) is 5.75 Å². The van der Waals surface area contributed by atoms with E-state index in [1.54, 1.807) is 24.3 Å². The summed E-state index contributed by atoms with van der Waals surface area (Å²) in [6, 6.07) is 7.80. The first kappa shape index (κ1) is 21.6. The van der Waals surface area contributed by atoms with Gasteiger partial charge in [0.1, 0.15) is 23.7 Å². The highest BCUT2D eigenvalue weighted by Gasteiger charge is 2.44. The van der Waals surface area contributed by atoms with Crippen molar-refractivity contribution in [1.29, 1.82) is 0 Å². The number of fused-ring (bicyclic) bond motifs is 2. The van der Waals surface area contributed by atoms with Gasteiger partial charge in [-0.05, 0) is 42.5 Å². The topological polar surface area (TPSA) is 79.4 Å². The Hall–Kier alpha value is -3.23. The molecule has 2 fully saturated rings. The van der Waals surface area contributed by atoms with Crippen molar-refractivity contribution in [3.63, 3.8) is 0 Å². The molecule has 5 rings (SSSR count). The fraction of sp³-hybridized carbons (Fsp3) is 0.292. The minimum absolute atomic E-state index is 0.00531. The molecule has 1 saturated heterocycles. The first-order valence-electron chi connectivity index (χ1n) is 10.7. The molecule has 0 spiro atoms. The maximum atomic E-state index is 13.5. The number of methoxy groups -OCH3 is 1. The van der Waals surface area contributed by atoms with Crippen LogP contribution in [0.2, 0.25) is 5.02 Å². The van der Waals surface area contributed by atoms with Crippen molar-refractivity contribution in [2.24, 2.45) is 11.8 Å². The smallest absolute Gasteiger partial charge is 0.248 e. The maximum absolute atomic E-state index is 13.5. The third-order valence-corrected chi connectivity index (χ3v) is 6.37. The SMILES string of the molecule is COc1cc2ncnc(Nc3ccc(F)c(Cl)c3)c2cc1NC(=O)C=CCN1CC2CC2C1. The normalized spacial score (nSPS) is 19.6. The van der Waals surface area contributed by atoms with Gasteiger partial charge in [-0.25, -0.2) is 14.4 Å². The zero-order valence-electron chi connectivity index (χ0n) is 18.0. The molecule has 0 bridgehead atoms. The molecule has 1 saturated carbocycles. The molecule has 2 atom stereocenters. The van der Waals surface area contributed by atoms with Crippen LogP contribution in [0.1, 0.15) is 6.42 Å². The van der Waals surface area contributed by atoms with E-state index in [0.717, 1.165) is 31.5 Å². The largest absolute Gasteiger partial charge is 0.494 e. The standard InChI is InChI=1S/C24H23ClFN5O2/c1-33-22-10-20-17(24(28-13-27-20)29-16-4-5-19(26)18(25)8-16)9-21(22)30-23(32)3-2-6-31-11-14-7-15(14)12-31/h2-5,8-10,13-15H,6-7,11-12H2,1H3,(H,30,32)(H,27,28,29). The summed E-state index contributed by atoms with van der Waals surface area (Å²) < 4.78 is 19.0. The molecule has 0 radical (unpaired) electrons. The second kappa shape index (κ2) is 8.96. The van der Waals surface area contributed by atoms with Crippen molar-refractivity contribution in [3.05, 3.63) is 59.7 Å². The van der Waals surface area contributed by atoms with Gasteiger partial charge < -0.3 is 15.4 Å². The summed E-state index contributed by atoms with van der Waals surface area (Å²) in [5, 5.41) is 6.68. The summed E-state index contributed by atoms with van der Waals surface area (Å²) in [6.45, 7) is 3.03. The number of amides is 1. The second-order valence-corrected chi connectivity index (χ2v) is 8.82. The van der Waals surface area contributed by atoms with Crippen LogP contribution in [0.25, 0.3) is 10.9 Å². The molecule has 33 heavy (non-hydrogen) atoms. The van der Waals surface area contributed by atoms with Gasteiger partial charge in [-0.1, -0.05) is 17.7 Å². The highest BCUT2D eigenvalue weighted by Crippen LogP contribution is 2.44. The van der Waals surface area contributed by atoms with E-state index >= 15 is 0 Å². The average molecular weight is 468 g/mol. The lowest BCUT2D eigenvalue weighted by Gasteiger charge is -2.14. The zero-order chi connectivity index (χ0) is 22.9. The van der Waals surface area contributed by atoms with Crippen molar-refractivity contribution >= 4 is 45.6 Å². The first-order chi connectivity index (χ1) is 16.0. The Morgan fingerprint density at radius 2 is 2.09 bits per heavy atom. The fourth-order valence-electron chi connectivity index (χ4n) is 4.29. The third kappa shape index (κ3) is 4.77. The monoisotopic (exact) mass is 467 g/mol. The predicted octanol–water partition coefficient (Wildman–Crippen LogP) is 4.62. The molecule has 1 aliphatic carbocycles. The summed E-state index contributed by atoms with van der Waals surface area (Å²) in [4.78, 5) is 23.5. The number of hydrogen-bond acceptors (Lipinski definition) is 6. The number of likely N-dealkylation sites (tertiary alicyclic amines) is 1. The molecule has 1 aromatic heterocycles. The van der Waals surface area contributed by atoms with Crippen molar-refractivity contribution in [1.82, 2.24) is 14.9 Å². The second-order valence-electron chi connectivity index (χ2n) is 8.41. The summed E-state index contributed by atoms with van der Waals surface area (Å²) in [5.41, 5.74) is 1.70. The Balaban J connectivity index is 1.35. The Morgan fingerprint density at radius 1 is 1.27 bits per heavy atom. The van der Waals surface area contributed by atoms with Gasteiger partial charge in [0.25, 0.3) is 0 Å². The molecule has 3 aromatic rings. The van der Waals surface area contributed by atoms with Crippen LogP contribution in [0.3, 0.4) is 0 Å². The van der Waals surface area contributed by atoms with Crippen LogP contribution in [0, 0.1) is 17.7 Å². The lowest BCUT2D eigenvalue weighted by molar-refractivity contribution is -0.111. The number of hydrogen-bond donors (Lipinski definition) is 2. The lowest BCUT2D eigenvalue weighted by atomic mass is 10.1. The van der Waals surface area contributed by atoms with E-state index in [-0.39, 0.29) is 10.9 Å². The molecule has 170 valence electrons. The highest BCUT2D eigenvalue weighted by atomic mass is 35.5. The van der Waals surface area contributed by atoms with Crippen LogP contribution in [0.15, 0.2) is 48.8 Å². The highest BCUT2D eigenvalue weighted by molar-refractivity contribution is 6.31. The molecule has 2 heterocycles. The van der Waals surface area contributed by atoms with Crippen molar-refractivity contribution < 1.29 is 13.9 Å². The van der Waals surface area contributed by atoms with Crippen LogP contribution < -0.4 is 15.4 Å². The molecular weight excluding hydrogens is 445 g/mol. The quantitative estimate of drug-likeness (QED) is 0.493. The van der Waals surface area contributed by atoms with Gasteiger partial charge in [-0.15, -0.1) is 0 Å². The number of carbonyl (C=O) groups excluding carboxylic acids is 1. The molecule has 2 unspecified atom stereocenters. The number of halogens is 2. The van der Waals surface area contributed by atoms with E-state index in [1.807, 2.05) is 6.08 Å². The summed E-state index contributed by atoms with van der Waals surface area (Å²) in [7, 11) is 1.53. The molecular formula is C24H23ClFN5O2. The maximum Gasteiger partial charge on any atom is 0.248 e. The van der Waals surface area contributed by atoms with Gasteiger partial charge in [0.15, 0.2) is 0 Å². The number of aromatic nitrogens is 2. The molecule has 2 aromatic carbocycles. The zero-order valence-corrected chi connectivity index (χ0v) is 18.8. The van der Waals surface area contributed by atoms with Crippen molar-refractivity contribution in [2.75, 3.05) is 37.4 Å². The van der Waals surface area contributed by atoms with Gasteiger partial charge in [0.05, 0.1) is 23.3 Å². The van der Waals surface area contributed by atoms with Crippen LogP contribution in [-0.4, -0.2) is 47.5 Å². The number of nitrogens with zero attached hydrogens (tertiary/aromatic N) is 3. The minimum atomic E-state index is -0.501. The van der Waals surface area contributed by atoms with E-state index in [2.05, 4.69) is 25.5 Å². The molecule has 2 aliphatic rings. The molecule has 1 amide bonds. The number of rotatable bonds is 7. The average Bonchev–Trinajstić information content (AvgIpc) is 3.41. The summed E-state index contributed by atoms with van der Waals surface area (Å²) in [5.74, 6) is 1.96. The van der Waals surface area contributed by atoms with Crippen LogP contribution in [0.4, 0.5) is 21.6 Å². The number of benzene rings is 2. The Bertz CT molecular complexity index is 1240. The fourth-order valence-corrected chi connectivity index (χ4v) is 4.47. The number of carbonyl (C=O) groups is 1. The predicted molar refractivity (Wildman–Crippen MR) is 127 cm³/mol. The van der Waals surface area contributed by atoms with Crippen molar-refractivity contribution in [2.45, 2.75) is 6.42 Å². The number of piperidine rings is 1. The van der Waals surface area contributed by atoms with Gasteiger partial charge >= 0.3 is 0 Å². The van der Waals surface area contributed by atoms with Crippen LogP contribution >= 0.6 is 11.6 Å². The van der Waals surface area contributed by atoms with E-state index in [1.165, 1.54) is 32.0 Å². The van der Waals surface area contributed by atoms with Crippen LogP contribution in [-0.2, 0) is 4.79 Å². The third-order valence-electron chi connectivity index (χ3n) is 6.08. The number of ether oxygens (including phenoxy) is 1. The van der Waals surface area contributed by atoms with E-state index in [9.17, 15) is 9.18 Å². The Labute approximate surface area is 195 Å². The Morgan fingerprint density at radius 3 is 2.85 bits per heavy atom. The van der Waals surface area contributed by atoms with E-state index in [0.29, 0.717) is 33.8 Å². The number of nitrogens with one attached hydrogen (secondary N) is 2.